The van der Waals surface area contributed by atoms with Crippen molar-refractivity contribution in [2.75, 3.05) is 13.1 Å². The van der Waals surface area contributed by atoms with Crippen LogP contribution in [-0.2, 0) is 10.0 Å². The van der Waals surface area contributed by atoms with Crippen LogP contribution < -0.4 is 0 Å². The van der Waals surface area contributed by atoms with Gasteiger partial charge in [0.15, 0.2) is 0 Å². The fraction of sp³-hybridized carbons (Fsp3) is 0.263. The molecule has 4 rings (SSSR count). The van der Waals surface area contributed by atoms with Crippen molar-refractivity contribution in [1.82, 2.24) is 9.29 Å². The Hall–Kier alpha value is -2.27. The summed E-state index contributed by atoms with van der Waals surface area (Å²) in [7, 11) is -3.69. The first-order valence-corrected chi connectivity index (χ1v) is 10.7. The van der Waals surface area contributed by atoms with E-state index in [0.29, 0.717) is 13.1 Å². The maximum Gasteiger partial charge on any atom is 0.244 e. The number of benzene rings is 2. The highest BCUT2D eigenvalue weighted by molar-refractivity contribution is 7.89. The van der Waals surface area contributed by atoms with Gasteiger partial charge < -0.3 is 0 Å². The highest BCUT2D eigenvalue weighted by Crippen LogP contribution is 2.35. The topological polar surface area (TPSA) is 74.1 Å². The summed E-state index contributed by atoms with van der Waals surface area (Å²) in [6.07, 6.45) is 1.71. The molecular formula is C19H17N3O2S2. The first kappa shape index (κ1) is 17.2. The number of sulfonamides is 1. The molecule has 1 aliphatic rings. The highest BCUT2D eigenvalue weighted by Gasteiger charge is 2.33. The van der Waals surface area contributed by atoms with E-state index in [0.717, 1.165) is 28.1 Å². The van der Waals surface area contributed by atoms with Gasteiger partial charge in [-0.2, -0.15) is 9.57 Å². The van der Waals surface area contributed by atoms with E-state index in [1.807, 2.05) is 30.3 Å². The molecular weight excluding hydrogens is 366 g/mol. The summed E-state index contributed by atoms with van der Waals surface area (Å²) in [4.78, 5) is 4.79. The van der Waals surface area contributed by atoms with Crippen molar-refractivity contribution in [2.24, 2.45) is 0 Å². The Kier molecular flexibility index (Phi) is 4.49. The summed E-state index contributed by atoms with van der Waals surface area (Å²) in [6.45, 7) is 0.880. The Morgan fingerprint density at radius 2 is 1.92 bits per heavy atom. The molecule has 0 aliphatic carbocycles. The second-order valence-electron chi connectivity index (χ2n) is 6.33. The minimum Gasteiger partial charge on any atom is -0.241 e. The summed E-state index contributed by atoms with van der Waals surface area (Å²) in [5, 5.41) is 10.2. The molecule has 0 bridgehead atoms. The quantitative estimate of drug-likeness (QED) is 0.691. The fourth-order valence-electron chi connectivity index (χ4n) is 3.35. The van der Waals surface area contributed by atoms with Crippen LogP contribution in [0, 0.1) is 11.3 Å². The molecule has 2 heterocycles. The lowest BCUT2D eigenvalue weighted by Gasteiger charge is -2.31. The predicted molar refractivity (Wildman–Crippen MR) is 102 cm³/mol. The number of rotatable bonds is 3. The number of aromatic nitrogens is 1. The minimum atomic E-state index is -3.69. The Morgan fingerprint density at radius 3 is 2.73 bits per heavy atom. The van der Waals surface area contributed by atoms with Crippen LogP contribution >= 0.6 is 11.3 Å². The summed E-state index contributed by atoms with van der Waals surface area (Å²) in [5.41, 5.74) is 1.15. The monoisotopic (exact) mass is 383 g/mol. The van der Waals surface area contributed by atoms with Gasteiger partial charge in [0.1, 0.15) is 6.07 Å². The smallest absolute Gasteiger partial charge is 0.241 e. The first-order chi connectivity index (χ1) is 12.6. The molecule has 1 saturated heterocycles. The van der Waals surface area contributed by atoms with E-state index in [9.17, 15) is 13.7 Å². The fourth-order valence-corrected chi connectivity index (χ4v) is 6.11. The number of hydrogen-bond acceptors (Lipinski definition) is 5. The van der Waals surface area contributed by atoms with Gasteiger partial charge in [0, 0.05) is 19.0 Å². The Labute approximate surface area is 156 Å². The minimum absolute atomic E-state index is 0.0881. The molecule has 0 radical (unpaired) electrons. The molecule has 7 heteroatoms. The van der Waals surface area contributed by atoms with Crippen LogP contribution in [0.4, 0.5) is 0 Å². The normalized spacial score (nSPS) is 18.7. The van der Waals surface area contributed by atoms with Gasteiger partial charge in [-0.3, -0.25) is 0 Å². The molecule has 5 nitrogen and oxygen atoms in total. The molecule has 0 unspecified atom stereocenters. The second-order valence-corrected chi connectivity index (χ2v) is 9.30. The Morgan fingerprint density at radius 1 is 1.15 bits per heavy atom. The molecule has 132 valence electrons. The molecule has 0 spiro atoms. The standard InChI is InChI=1S/C19H17N3O2S2/c20-12-14-6-1-4-10-18(14)26(23,24)22-11-5-7-15(13-22)19-21-16-8-2-3-9-17(16)25-19/h1-4,6,8-10,15H,5,7,11,13H2/t15-/m0/s1. The number of nitriles is 1. The zero-order valence-electron chi connectivity index (χ0n) is 14.0. The largest absolute Gasteiger partial charge is 0.244 e. The third-order valence-corrected chi connectivity index (χ3v) is 7.79. The molecule has 26 heavy (non-hydrogen) atoms. The van der Waals surface area contributed by atoms with Gasteiger partial charge in [-0.1, -0.05) is 24.3 Å². The maximum absolute atomic E-state index is 13.1. The number of piperidine rings is 1. The van der Waals surface area contributed by atoms with Crippen molar-refractivity contribution >= 4 is 31.6 Å². The average molecular weight is 383 g/mol. The first-order valence-electron chi connectivity index (χ1n) is 8.44. The zero-order chi connectivity index (χ0) is 18.1. The molecule has 0 saturated carbocycles. The molecule has 1 aliphatic heterocycles. The van der Waals surface area contributed by atoms with Crippen LogP contribution in [0.1, 0.15) is 29.3 Å². The molecule has 0 amide bonds. The number of para-hydroxylation sites is 1. The van der Waals surface area contributed by atoms with Crippen LogP contribution in [-0.4, -0.2) is 30.8 Å². The summed E-state index contributed by atoms with van der Waals surface area (Å²) in [5.74, 6) is 0.0881. The third-order valence-electron chi connectivity index (χ3n) is 4.67. The summed E-state index contributed by atoms with van der Waals surface area (Å²) >= 11 is 1.63. The van der Waals surface area contributed by atoms with Crippen molar-refractivity contribution in [3.63, 3.8) is 0 Å². The molecule has 2 aromatic carbocycles. The van der Waals surface area contributed by atoms with Crippen molar-refractivity contribution < 1.29 is 8.42 Å². The van der Waals surface area contributed by atoms with Crippen molar-refractivity contribution in [3.05, 3.63) is 59.1 Å². The van der Waals surface area contributed by atoms with Crippen molar-refractivity contribution in [1.29, 1.82) is 5.26 Å². The van der Waals surface area contributed by atoms with Gasteiger partial charge in [-0.15, -0.1) is 11.3 Å². The molecule has 1 aromatic heterocycles. The van der Waals surface area contributed by atoms with Crippen LogP contribution in [0.15, 0.2) is 53.4 Å². The summed E-state index contributed by atoms with van der Waals surface area (Å²) in [6, 6.07) is 16.3. The van der Waals surface area contributed by atoms with Gasteiger partial charge in [-0.05, 0) is 37.1 Å². The zero-order valence-corrected chi connectivity index (χ0v) is 15.6. The highest BCUT2D eigenvalue weighted by atomic mass is 32.2. The van der Waals surface area contributed by atoms with E-state index in [2.05, 4.69) is 0 Å². The molecule has 1 fully saturated rings. The van der Waals surface area contributed by atoms with E-state index < -0.39 is 10.0 Å². The van der Waals surface area contributed by atoms with Gasteiger partial charge in [0.25, 0.3) is 0 Å². The molecule has 3 aromatic rings. The third kappa shape index (κ3) is 3.01. The van der Waals surface area contributed by atoms with Crippen LogP contribution in [0.2, 0.25) is 0 Å². The van der Waals surface area contributed by atoms with E-state index in [4.69, 9.17) is 4.98 Å². The molecule has 1 atom stereocenters. The Bertz CT molecular complexity index is 1070. The van der Waals surface area contributed by atoms with Crippen LogP contribution in [0.25, 0.3) is 10.2 Å². The van der Waals surface area contributed by atoms with Gasteiger partial charge in [0.2, 0.25) is 10.0 Å². The van der Waals surface area contributed by atoms with Gasteiger partial charge in [0.05, 0.1) is 25.7 Å². The van der Waals surface area contributed by atoms with E-state index in [1.165, 1.54) is 10.4 Å². The van der Waals surface area contributed by atoms with Gasteiger partial charge in [-0.25, -0.2) is 13.4 Å². The predicted octanol–water partition coefficient (Wildman–Crippen LogP) is 3.74. The number of fused-ring (bicyclic) bond motifs is 1. The van der Waals surface area contributed by atoms with Crippen LogP contribution in [0.5, 0.6) is 0 Å². The lowest BCUT2D eigenvalue weighted by molar-refractivity contribution is 0.315. The number of nitrogens with zero attached hydrogens (tertiary/aromatic N) is 3. The molecule has 0 N–H and O–H groups in total. The maximum atomic E-state index is 13.1. The van der Waals surface area contributed by atoms with E-state index in [-0.39, 0.29) is 16.4 Å². The van der Waals surface area contributed by atoms with Crippen molar-refractivity contribution in [3.8, 4) is 6.07 Å². The van der Waals surface area contributed by atoms with Crippen molar-refractivity contribution in [2.45, 2.75) is 23.7 Å². The number of thiazole rings is 1. The summed E-state index contributed by atoms with van der Waals surface area (Å²) < 4.78 is 28.8. The lowest BCUT2D eigenvalue weighted by Crippen LogP contribution is -2.39. The SMILES string of the molecule is N#Cc1ccccc1S(=O)(=O)N1CCC[C@H](c2nc3ccccc3s2)C1. The van der Waals surface area contributed by atoms with Crippen LogP contribution in [0.3, 0.4) is 0 Å². The number of hydrogen-bond donors (Lipinski definition) is 0. The second kappa shape index (κ2) is 6.80. The Balaban J connectivity index is 1.65. The average Bonchev–Trinajstić information content (AvgIpc) is 3.12. The van der Waals surface area contributed by atoms with Gasteiger partial charge >= 0.3 is 0 Å². The van der Waals surface area contributed by atoms with E-state index in [1.54, 1.807) is 29.5 Å². The van der Waals surface area contributed by atoms with E-state index >= 15 is 0 Å². The lowest BCUT2D eigenvalue weighted by atomic mass is 10.0.